The van der Waals surface area contributed by atoms with E-state index >= 15 is 0 Å². The number of anilines is 1. The fourth-order valence-electron chi connectivity index (χ4n) is 1.35. The van der Waals surface area contributed by atoms with Gasteiger partial charge in [0, 0.05) is 3.57 Å². The van der Waals surface area contributed by atoms with Crippen LogP contribution in [0.2, 0.25) is 5.02 Å². The first-order valence-electron chi connectivity index (χ1n) is 4.99. The molecule has 94 valence electrons. The Balaban J connectivity index is 2.24. The molecule has 1 amide bonds. The summed E-state index contributed by atoms with van der Waals surface area (Å²) in [6.45, 7) is 1.84. The van der Waals surface area contributed by atoms with E-state index in [1.807, 2.05) is 34.9 Å². The van der Waals surface area contributed by atoms with E-state index in [0.29, 0.717) is 19.2 Å². The Hall–Kier alpha value is -0.660. The van der Waals surface area contributed by atoms with E-state index in [2.05, 4.69) is 5.32 Å². The fourth-order valence-corrected chi connectivity index (χ4v) is 3.14. The maximum Gasteiger partial charge on any atom is 0.267 e. The molecule has 6 heteroatoms. The predicted molar refractivity (Wildman–Crippen MR) is 81.1 cm³/mol. The van der Waals surface area contributed by atoms with Crippen LogP contribution < -0.4 is 5.32 Å². The number of nitrogens with one attached hydrogen (secondary N) is 1. The molecule has 18 heavy (non-hydrogen) atoms. The summed E-state index contributed by atoms with van der Waals surface area (Å²) in [5, 5.41) is 5.01. The van der Waals surface area contributed by atoms with Crippen LogP contribution in [0.5, 0.6) is 0 Å². The second-order valence-electron chi connectivity index (χ2n) is 3.64. The third-order valence-electron chi connectivity index (χ3n) is 2.28. The largest absolute Gasteiger partial charge is 0.320 e. The third kappa shape index (κ3) is 2.84. The van der Waals surface area contributed by atoms with E-state index in [-0.39, 0.29) is 11.7 Å². The number of hydrogen-bond acceptors (Lipinski definition) is 2. The van der Waals surface area contributed by atoms with Crippen LogP contribution in [0.3, 0.4) is 0 Å². The fraction of sp³-hybridized carbons (Fsp3) is 0.0833. The highest BCUT2D eigenvalue weighted by Gasteiger charge is 2.15. The Morgan fingerprint density at radius 2 is 2.22 bits per heavy atom. The lowest BCUT2D eigenvalue weighted by molar-refractivity contribution is 0.103. The molecule has 0 spiro atoms. The molecule has 0 atom stereocenters. The Labute approximate surface area is 126 Å². The van der Waals surface area contributed by atoms with Crippen molar-refractivity contribution in [2.45, 2.75) is 6.92 Å². The van der Waals surface area contributed by atoms with Gasteiger partial charge < -0.3 is 5.32 Å². The molecule has 2 nitrogen and oxygen atoms in total. The zero-order valence-electron chi connectivity index (χ0n) is 9.26. The summed E-state index contributed by atoms with van der Waals surface area (Å²) in [4.78, 5) is 12.5. The third-order valence-corrected chi connectivity index (χ3v) is 4.87. The van der Waals surface area contributed by atoms with Crippen molar-refractivity contribution in [2.75, 3.05) is 5.32 Å². The van der Waals surface area contributed by atoms with Crippen molar-refractivity contribution in [3.05, 3.63) is 48.4 Å². The highest BCUT2D eigenvalue weighted by Crippen LogP contribution is 2.28. The van der Waals surface area contributed by atoms with E-state index in [0.717, 1.165) is 5.56 Å². The van der Waals surface area contributed by atoms with Crippen molar-refractivity contribution in [3.8, 4) is 0 Å². The Kier molecular flexibility index (Phi) is 4.24. The summed E-state index contributed by atoms with van der Waals surface area (Å²) in [5.41, 5.74) is 1.45. The van der Waals surface area contributed by atoms with Gasteiger partial charge in [-0.25, -0.2) is 4.39 Å². The van der Waals surface area contributed by atoms with Gasteiger partial charge in [0.05, 0.1) is 10.7 Å². The number of carbonyl (C=O) groups excluding carboxylic acids is 1. The minimum Gasteiger partial charge on any atom is -0.320 e. The number of hydrogen-bond donors (Lipinski definition) is 1. The Morgan fingerprint density at radius 1 is 1.50 bits per heavy atom. The predicted octanol–water partition coefficient (Wildman–Crippen LogP) is 4.71. The van der Waals surface area contributed by atoms with Crippen LogP contribution in [0.1, 0.15) is 15.2 Å². The summed E-state index contributed by atoms with van der Waals surface area (Å²) in [6.07, 6.45) is 0. The van der Waals surface area contributed by atoms with Crippen molar-refractivity contribution in [3.63, 3.8) is 0 Å². The molecule has 1 aromatic carbocycles. The quantitative estimate of drug-likeness (QED) is 0.733. The maximum atomic E-state index is 12.9. The van der Waals surface area contributed by atoms with Gasteiger partial charge >= 0.3 is 0 Å². The van der Waals surface area contributed by atoms with Crippen LogP contribution in [0.25, 0.3) is 0 Å². The van der Waals surface area contributed by atoms with E-state index in [9.17, 15) is 9.18 Å². The number of thiophene rings is 1. The maximum absolute atomic E-state index is 12.9. The van der Waals surface area contributed by atoms with Crippen LogP contribution in [-0.4, -0.2) is 5.91 Å². The molecule has 0 fully saturated rings. The smallest absolute Gasteiger partial charge is 0.267 e. The van der Waals surface area contributed by atoms with E-state index in [1.54, 1.807) is 0 Å². The summed E-state index contributed by atoms with van der Waals surface area (Å²) in [7, 11) is 0. The van der Waals surface area contributed by atoms with Crippen LogP contribution in [0.4, 0.5) is 10.1 Å². The van der Waals surface area contributed by atoms with Crippen LogP contribution in [-0.2, 0) is 0 Å². The molecule has 0 aliphatic rings. The lowest BCUT2D eigenvalue weighted by atomic mass is 10.3. The minimum atomic E-state index is -0.331. The summed E-state index contributed by atoms with van der Waals surface area (Å²) >= 11 is 9.28. The lowest BCUT2D eigenvalue weighted by Crippen LogP contribution is -2.11. The molecule has 0 aliphatic carbocycles. The van der Waals surface area contributed by atoms with Crippen LogP contribution in [0.15, 0.2) is 23.6 Å². The first kappa shape index (κ1) is 13.8. The normalized spacial score (nSPS) is 10.4. The van der Waals surface area contributed by atoms with Gasteiger partial charge in [0.2, 0.25) is 0 Å². The number of aryl methyl sites for hydroxylation is 1. The van der Waals surface area contributed by atoms with E-state index < -0.39 is 0 Å². The average molecular weight is 396 g/mol. The van der Waals surface area contributed by atoms with Crippen molar-refractivity contribution < 1.29 is 9.18 Å². The molecule has 0 bridgehead atoms. The standard InChI is InChI=1S/C12H8ClFINOS/c1-6-5-18-11(10(6)13)12(17)16-9-3-2-7(14)4-8(9)15/h2-5H,1H3,(H,16,17). The van der Waals surface area contributed by atoms with Gasteiger partial charge in [0.25, 0.3) is 5.91 Å². The topological polar surface area (TPSA) is 29.1 Å². The van der Waals surface area contributed by atoms with E-state index in [1.165, 1.54) is 29.5 Å². The van der Waals surface area contributed by atoms with Crippen LogP contribution >= 0.6 is 45.5 Å². The van der Waals surface area contributed by atoms with Gasteiger partial charge in [-0.2, -0.15) is 0 Å². The zero-order valence-corrected chi connectivity index (χ0v) is 13.0. The number of rotatable bonds is 2. The number of amides is 1. The summed E-state index contributed by atoms with van der Waals surface area (Å²) in [6, 6.07) is 4.19. The highest BCUT2D eigenvalue weighted by atomic mass is 127. The monoisotopic (exact) mass is 395 g/mol. The molecule has 0 unspecified atom stereocenters. The Morgan fingerprint density at radius 3 is 2.78 bits per heavy atom. The lowest BCUT2D eigenvalue weighted by Gasteiger charge is -2.06. The molecular weight excluding hydrogens is 388 g/mol. The van der Waals surface area contributed by atoms with Gasteiger partial charge in [0.1, 0.15) is 10.7 Å². The molecule has 1 N–H and O–H groups in total. The summed E-state index contributed by atoms with van der Waals surface area (Å²) in [5.74, 6) is -0.606. The second-order valence-corrected chi connectivity index (χ2v) is 6.06. The minimum absolute atomic E-state index is 0.275. The SMILES string of the molecule is Cc1csc(C(=O)Nc2ccc(F)cc2I)c1Cl. The van der Waals surface area contributed by atoms with Crippen LogP contribution in [0, 0.1) is 16.3 Å². The molecule has 1 heterocycles. The summed E-state index contributed by atoms with van der Waals surface area (Å²) < 4.78 is 13.6. The molecule has 1 aromatic heterocycles. The first-order chi connectivity index (χ1) is 8.49. The van der Waals surface area contributed by atoms with Crippen molar-refractivity contribution in [1.82, 2.24) is 0 Å². The average Bonchev–Trinajstić information content (AvgIpc) is 2.64. The molecule has 2 rings (SSSR count). The molecular formula is C12H8ClFINOS. The molecule has 2 aromatic rings. The number of benzene rings is 1. The van der Waals surface area contributed by atoms with Gasteiger partial charge in [-0.05, 0) is 58.7 Å². The number of halogens is 3. The van der Waals surface area contributed by atoms with Gasteiger partial charge in [-0.3, -0.25) is 4.79 Å². The first-order valence-corrected chi connectivity index (χ1v) is 7.32. The van der Waals surface area contributed by atoms with Gasteiger partial charge in [0.15, 0.2) is 0 Å². The van der Waals surface area contributed by atoms with Gasteiger partial charge in [-0.1, -0.05) is 11.6 Å². The molecule has 0 radical (unpaired) electrons. The number of carbonyl (C=O) groups is 1. The van der Waals surface area contributed by atoms with E-state index in [4.69, 9.17) is 11.6 Å². The molecule has 0 aliphatic heterocycles. The van der Waals surface area contributed by atoms with Crippen molar-refractivity contribution >= 4 is 57.1 Å². The Bertz CT molecular complexity index is 614. The van der Waals surface area contributed by atoms with Crippen molar-refractivity contribution in [1.29, 1.82) is 0 Å². The molecule has 0 saturated carbocycles. The zero-order chi connectivity index (χ0) is 13.3. The second kappa shape index (κ2) is 5.54. The van der Waals surface area contributed by atoms with Crippen molar-refractivity contribution in [2.24, 2.45) is 0 Å². The molecule has 0 saturated heterocycles. The highest BCUT2D eigenvalue weighted by molar-refractivity contribution is 14.1. The van der Waals surface area contributed by atoms with Gasteiger partial charge in [-0.15, -0.1) is 11.3 Å².